The summed E-state index contributed by atoms with van der Waals surface area (Å²) in [7, 11) is 3.36. The third-order valence-corrected chi connectivity index (χ3v) is 4.32. The van der Waals surface area contributed by atoms with Gasteiger partial charge in [0.1, 0.15) is 5.75 Å². The number of halogens is 1. The van der Waals surface area contributed by atoms with Crippen molar-refractivity contribution in [3.05, 3.63) is 50.7 Å². The summed E-state index contributed by atoms with van der Waals surface area (Å²) in [5.74, 6) is 0.702. The second kappa shape index (κ2) is 7.59. The zero-order chi connectivity index (χ0) is 17.0. The summed E-state index contributed by atoms with van der Waals surface area (Å²) in [6.07, 6.45) is 4.95. The Kier molecular flexibility index (Phi) is 5.77. The molecule has 0 aliphatic carbocycles. The first-order valence-electron chi connectivity index (χ1n) is 7.51. The molecule has 4 nitrogen and oxygen atoms in total. The molecular formula is C18H21BrN2O2. The fraction of sp³-hybridized carbons (Fsp3) is 0.333. The van der Waals surface area contributed by atoms with E-state index in [2.05, 4.69) is 27.8 Å². The molecule has 0 spiro atoms. The van der Waals surface area contributed by atoms with E-state index in [-0.39, 0.29) is 5.56 Å². The number of pyridine rings is 1. The van der Waals surface area contributed by atoms with Gasteiger partial charge in [0.25, 0.3) is 5.56 Å². The van der Waals surface area contributed by atoms with E-state index >= 15 is 0 Å². The minimum Gasteiger partial charge on any atom is -0.495 e. The Bertz CT molecular complexity index is 835. The highest BCUT2D eigenvalue weighted by molar-refractivity contribution is 9.10. The van der Waals surface area contributed by atoms with Crippen LogP contribution >= 0.6 is 15.9 Å². The van der Waals surface area contributed by atoms with E-state index in [1.165, 1.54) is 0 Å². The van der Waals surface area contributed by atoms with Crippen molar-refractivity contribution in [2.45, 2.75) is 26.8 Å². The Morgan fingerprint density at radius 3 is 2.74 bits per heavy atom. The van der Waals surface area contributed by atoms with Gasteiger partial charge in [0.15, 0.2) is 0 Å². The summed E-state index contributed by atoms with van der Waals surface area (Å²) in [5, 5.41) is 0.990. The van der Waals surface area contributed by atoms with E-state index in [0.29, 0.717) is 17.9 Å². The van der Waals surface area contributed by atoms with Crippen molar-refractivity contribution < 1.29 is 4.74 Å². The monoisotopic (exact) mass is 376 g/mol. The SMILES string of the molecule is CC/C=C\C(Cn1c(=O)c(C)cc2cc(Br)c(OC)cc21)=NC. The first kappa shape index (κ1) is 17.5. The van der Waals surface area contributed by atoms with Gasteiger partial charge in [-0.3, -0.25) is 9.79 Å². The van der Waals surface area contributed by atoms with Crippen LogP contribution in [0, 0.1) is 6.92 Å². The van der Waals surface area contributed by atoms with Crippen molar-refractivity contribution in [3.63, 3.8) is 0 Å². The molecule has 122 valence electrons. The van der Waals surface area contributed by atoms with Crippen LogP contribution < -0.4 is 10.3 Å². The Labute approximate surface area is 144 Å². The second-order valence-electron chi connectivity index (χ2n) is 5.29. The van der Waals surface area contributed by atoms with Gasteiger partial charge in [-0.05, 0) is 47.5 Å². The van der Waals surface area contributed by atoms with Crippen molar-refractivity contribution in [3.8, 4) is 5.75 Å². The fourth-order valence-corrected chi connectivity index (χ4v) is 2.97. The van der Waals surface area contributed by atoms with Crippen molar-refractivity contribution in [2.24, 2.45) is 4.99 Å². The van der Waals surface area contributed by atoms with Gasteiger partial charge in [-0.1, -0.05) is 13.0 Å². The lowest BCUT2D eigenvalue weighted by atomic mass is 10.1. The molecule has 0 atom stereocenters. The average molecular weight is 377 g/mol. The van der Waals surface area contributed by atoms with Gasteiger partial charge >= 0.3 is 0 Å². The number of aromatic nitrogens is 1. The van der Waals surface area contributed by atoms with Crippen LogP contribution in [0.1, 0.15) is 18.9 Å². The summed E-state index contributed by atoms with van der Waals surface area (Å²) in [6, 6.07) is 5.77. The quantitative estimate of drug-likeness (QED) is 0.736. The Hall–Kier alpha value is -1.88. The van der Waals surface area contributed by atoms with Gasteiger partial charge in [-0.25, -0.2) is 0 Å². The molecule has 0 unspecified atom stereocenters. The number of aryl methyl sites for hydroxylation is 1. The number of hydrogen-bond donors (Lipinski definition) is 0. The van der Waals surface area contributed by atoms with Crippen LogP contribution in [0.5, 0.6) is 5.75 Å². The van der Waals surface area contributed by atoms with Crippen LogP contribution in [0.4, 0.5) is 0 Å². The lowest BCUT2D eigenvalue weighted by molar-refractivity contribution is 0.412. The highest BCUT2D eigenvalue weighted by atomic mass is 79.9. The predicted octanol–water partition coefficient (Wildman–Crippen LogP) is 4.12. The molecule has 2 rings (SSSR count). The number of methoxy groups -OCH3 is 1. The van der Waals surface area contributed by atoms with Gasteiger partial charge in [-0.15, -0.1) is 0 Å². The van der Waals surface area contributed by atoms with Crippen LogP contribution in [0.15, 0.2) is 44.6 Å². The third-order valence-electron chi connectivity index (χ3n) is 3.70. The van der Waals surface area contributed by atoms with E-state index in [0.717, 1.165) is 27.5 Å². The van der Waals surface area contributed by atoms with Crippen LogP contribution in [-0.4, -0.2) is 24.4 Å². The van der Waals surface area contributed by atoms with Gasteiger partial charge in [0.2, 0.25) is 0 Å². The summed E-state index contributed by atoms with van der Waals surface area (Å²) in [6.45, 7) is 4.34. The van der Waals surface area contributed by atoms with Crippen LogP contribution in [0.3, 0.4) is 0 Å². The largest absolute Gasteiger partial charge is 0.495 e. The average Bonchev–Trinajstić information content (AvgIpc) is 2.54. The molecule has 0 bridgehead atoms. The first-order valence-corrected chi connectivity index (χ1v) is 8.31. The highest BCUT2D eigenvalue weighted by Crippen LogP contribution is 2.30. The topological polar surface area (TPSA) is 43.6 Å². The van der Waals surface area contributed by atoms with Gasteiger partial charge in [0.05, 0.1) is 29.4 Å². The van der Waals surface area contributed by atoms with Gasteiger partial charge in [0, 0.05) is 24.1 Å². The normalized spacial score (nSPS) is 12.3. The molecule has 0 saturated heterocycles. The van der Waals surface area contributed by atoms with Crippen molar-refractivity contribution >= 4 is 32.5 Å². The molecule has 2 aromatic rings. The molecule has 0 fully saturated rings. The maximum absolute atomic E-state index is 12.6. The van der Waals surface area contributed by atoms with Crippen molar-refractivity contribution in [1.82, 2.24) is 4.57 Å². The molecule has 0 amide bonds. The van der Waals surface area contributed by atoms with Crippen molar-refractivity contribution in [1.29, 1.82) is 0 Å². The summed E-state index contributed by atoms with van der Waals surface area (Å²) in [5.41, 5.74) is 2.41. The number of ether oxygens (including phenoxy) is 1. The molecule has 1 heterocycles. The molecule has 5 heteroatoms. The predicted molar refractivity (Wildman–Crippen MR) is 100.0 cm³/mol. The number of aliphatic imine (C=N–C) groups is 1. The van der Waals surface area contributed by atoms with Gasteiger partial charge in [-0.2, -0.15) is 0 Å². The standard InChI is InChI=1S/C18H21BrN2O2/c1-5-6-7-14(20-3)11-21-16-10-17(23-4)15(19)9-13(16)8-12(2)18(21)22/h6-10H,5,11H2,1-4H3/b7-6-,20-14?. The van der Waals surface area contributed by atoms with E-state index in [4.69, 9.17) is 4.74 Å². The summed E-state index contributed by atoms with van der Waals surface area (Å²) < 4.78 is 7.99. The molecule has 0 aliphatic rings. The van der Waals surface area contributed by atoms with Crippen LogP contribution in [-0.2, 0) is 6.54 Å². The zero-order valence-electron chi connectivity index (χ0n) is 13.9. The van der Waals surface area contributed by atoms with Crippen LogP contribution in [0.25, 0.3) is 10.9 Å². The summed E-state index contributed by atoms with van der Waals surface area (Å²) in [4.78, 5) is 16.9. The third kappa shape index (κ3) is 3.72. The lowest BCUT2D eigenvalue weighted by Gasteiger charge is -2.14. The molecule has 0 aliphatic heterocycles. The summed E-state index contributed by atoms with van der Waals surface area (Å²) >= 11 is 3.50. The van der Waals surface area contributed by atoms with Crippen molar-refractivity contribution in [2.75, 3.05) is 14.2 Å². The zero-order valence-corrected chi connectivity index (χ0v) is 15.5. The lowest BCUT2D eigenvalue weighted by Crippen LogP contribution is -2.25. The van der Waals surface area contributed by atoms with E-state index in [1.54, 1.807) is 18.7 Å². The smallest absolute Gasteiger partial charge is 0.254 e. The number of nitrogens with zero attached hydrogens (tertiary/aromatic N) is 2. The first-order chi connectivity index (χ1) is 11.0. The maximum Gasteiger partial charge on any atom is 0.254 e. The fourth-order valence-electron chi connectivity index (χ4n) is 2.45. The van der Waals surface area contributed by atoms with E-state index in [1.807, 2.05) is 37.3 Å². The Balaban J connectivity index is 2.67. The Morgan fingerprint density at radius 2 is 2.13 bits per heavy atom. The van der Waals surface area contributed by atoms with Crippen LogP contribution in [0.2, 0.25) is 0 Å². The number of rotatable bonds is 5. The number of fused-ring (bicyclic) bond motifs is 1. The highest BCUT2D eigenvalue weighted by Gasteiger charge is 2.11. The molecule has 0 saturated carbocycles. The minimum atomic E-state index is -0.00655. The maximum atomic E-state index is 12.6. The Morgan fingerprint density at radius 1 is 1.39 bits per heavy atom. The molecule has 0 N–H and O–H groups in total. The van der Waals surface area contributed by atoms with E-state index in [9.17, 15) is 4.79 Å². The minimum absolute atomic E-state index is 0.00655. The molecule has 23 heavy (non-hydrogen) atoms. The molecule has 1 aromatic heterocycles. The number of allylic oxidation sites excluding steroid dienone is 2. The molecular weight excluding hydrogens is 356 g/mol. The number of benzene rings is 1. The second-order valence-corrected chi connectivity index (χ2v) is 6.14. The van der Waals surface area contributed by atoms with Gasteiger partial charge < -0.3 is 9.30 Å². The molecule has 1 aromatic carbocycles. The number of hydrogen-bond acceptors (Lipinski definition) is 3. The molecule has 0 radical (unpaired) electrons. The van der Waals surface area contributed by atoms with E-state index < -0.39 is 0 Å².